The highest BCUT2D eigenvalue weighted by atomic mass is 35.5. The Labute approximate surface area is 158 Å². The monoisotopic (exact) mass is 370 g/mol. The summed E-state index contributed by atoms with van der Waals surface area (Å²) >= 11 is 6.33. The van der Waals surface area contributed by atoms with E-state index in [-0.39, 0.29) is 5.43 Å². The highest BCUT2D eigenvalue weighted by Crippen LogP contribution is 2.28. The Hall–Kier alpha value is -2.30. The number of methoxy groups -OCH3 is 1. The number of ether oxygens (including phenoxy) is 1. The van der Waals surface area contributed by atoms with Crippen molar-refractivity contribution in [3.63, 3.8) is 0 Å². The maximum atomic E-state index is 13.2. The standard InChI is InChI=1S/C21H23ClN2O2/c1-4-24(12-15-8-6-5-7-9-15)13-16-14(2)23-20-18(26-3)11-10-17(22)19(20)21(16)25/h5-11H,4,12-13H2,1-3H3,(H,23,25). The number of rotatable bonds is 6. The van der Waals surface area contributed by atoms with E-state index >= 15 is 0 Å². The number of hydrogen-bond donors (Lipinski definition) is 1. The van der Waals surface area contributed by atoms with Gasteiger partial charge in [-0.3, -0.25) is 9.69 Å². The summed E-state index contributed by atoms with van der Waals surface area (Å²) < 4.78 is 5.37. The quantitative estimate of drug-likeness (QED) is 0.693. The maximum Gasteiger partial charge on any atom is 0.195 e. The third-order valence-electron chi connectivity index (χ3n) is 4.68. The van der Waals surface area contributed by atoms with Crippen LogP contribution in [0.25, 0.3) is 10.9 Å². The number of hydrogen-bond acceptors (Lipinski definition) is 3. The predicted octanol–water partition coefficient (Wildman–Crippen LogP) is 4.52. The molecule has 136 valence electrons. The number of aromatic nitrogens is 1. The van der Waals surface area contributed by atoms with Crippen molar-refractivity contribution in [3.05, 3.63) is 74.5 Å². The van der Waals surface area contributed by atoms with E-state index in [1.807, 2.05) is 25.1 Å². The first-order valence-electron chi connectivity index (χ1n) is 8.69. The van der Waals surface area contributed by atoms with E-state index in [2.05, 4.69) is 28.9 Å². The number of fused-ring (bicyclic) bond motifs is 1. The Balaban J connectivity index is 2.02. The summed E-state index contributed by atoms with van der Waals surface area (Å²) in [5, 5.41) is 0.928. The van der Waals surface area contributed by atoms with Gasteiger partial charge in [0, 0.05) is 24.3 Å². The van der Waals surface area contributed by atoms with Crippen LogP contribution in [0.1, 0.15) is 23.7 Å². The first-order valence-corrected chi connectivity index (χ1v) is 9.07. The number of pyridine rings is 1. The van der Waals surface area contributed by atoms with E-state index in [4.69, 9.17) is 16.3 Å². The minimum Gasteiger partial charge on any atom is -0.495 e. The van der Waals surface area contributed by atoms with Gasteiger partial charge in [0.1, 0.15) is 5.75 Å². The lowest BCUT2D eigenvalue weighted by Gasteiger charge is -2.22. The Morgan fingerprint density at radius 1 is 1.12 bits per heavy atom. The lowest BCUT2D eigenvalue weighted by molar-refractivity contribution is 0.270. The van der Waals surface area contributed by atoms with Crippen LogP contribution >= 0.6 is 11.6 Å². The first-order chi connectivity index (χ1) is 12.5. The number of nitrogens with one attached hydrogen (secondary N) is 1. The van der Waals surface area contributed by atoms with Crippen LogP contribution in [-0.2, 0) is 13.1 Å². The van der Waals surface area contributed by atoms with Gasteiger partial charge in [0.15, 0.2) is 5.43 Å². The van der Waals surface area contributed by atoms with Crippen LogP contribution in [0.5, 0.6) is 5.75 Å². The predicted molar refractivity (Wildman–Crippen MR) is 107 cm³/mol. The molecule has 0 saturated heterocycles. The number of benzene rings is 2. The summed E-state index contributed by atoms with van der Waals surface area (Å²) in [5.41, 5.74) is 3.42. The summed E-state index contributed by atoms with van der Waals surface area (Å²) in [4.78, 5) is 18.7. The Bertz CT molecular complexity index is 967. The van der Waals surface area contributed by atoms with Crippen LogP contribution in [0, 0.1) is 6.92 Å². The molecule has 0 aliphatic heterocycles. The molecule has 3 aromatic rings. The third kappa shape index (κ3) is 3.62. The average Bonchev–Trinajstić information content (AvgIpc) is 2.65. The van der Waals surface area contributed by atoms with Gasteiger partial charge in [-0.25, -0.2) is 0 Å². The normalized spacial score (nSPS) is 11.3. The molecule has 1 heterocycles. The van der Waals surface area contributed by atoms with Crippen LogP contribution in [-0.4, -0.2) is 23.5 Å². The second-order valence-electron chi connectivity index (χ2n) is 6.35. The van der Waals surface area contributed by atoms with E-state index in [0.29, 0.717) is 28.2 Å². The molecular weight excluding hydrogens is 348 g/mol. The Kier molecular flexibility index (Phi) is 5.64. The lowest BCUT2D eigenvalue weighted by Crippen LogP contribution is -2.27. The van der Waals surface area contributed by atoms with E-state index in [0.717, 1.165) is 24.3 Å². The van der Waals surface area contributed by atoms with Crippen molar-refractivity contribution < 1.29 is 4.74 Å². The van der Waals surface area contributed by atoms with E-state index < -0.39 is 0 Å². The van der Waals surface area contributed by atoms with Crippen molar-refractivity contribution in [2.75, 3.05) is 13.7 Å². The van der Waals surface area contributed by atoms with Crippen LogP contribution < -0.4 is 10.2 Å². The summed E-state index contributed by atoms with van der Waals surface area (Å²) in [6.07, 6.45) is 0. The zero-order chi connectivity index (χ0) is 18.7. The van der Waals surface area contributed by atoms with Gasteiger partial charge in [0.2, 0.25) is 0 Å². The van der Waals surface area contributed by atoms with Crippen LogP contribution in [0.4, 0.5) is 0 Å². The molecule has 0 spiro atoms. The second kappa shape index (κ2) is 7.94. The van der Waals surface area contributed by atoms with Gasteiger partial charge >= 0.3 is 0 Å². The lowest BCUT2D eigenvalue weighted by atomic mass is 10.1. The molecule has 0 radical (unpaired) electrons. The molecule has 2 aromatic carbocycles. The van der Waals surface area contributed by atoms with Gasteiger partial charge in [-0.2, -0.15) is 0 Å². The SMILES string of the molecule is CCN(Cc1ccccc1)Cc1c(C)[nH]c2c(OC)ccc(Cl)c2c1=O. The molecule has 0 fully saturated rings. The summed E-state index contributed by atoms with van der Waals surface area (Å²) in [6, 6.07) is 13.7. The molecule has 5 heteroatoms. The largest absolute Gasteiger partial charge is 0.495 e. The van der Waals surface area contributed by atoms with Gasteiger partial charge in [-0.1, -0.05) is 48.9 Å². The fourth-order valence-corrected chi connectivity index (χ4v) is 3.44. The number of H-pyrrole nitrogens is 1. The fraction of sp³-hybridized carbons (Fsp3) is 0.286. The van der Waals surface area contributed by atoms with E-state index in [9.17, 15) is 4.79 Å². The maximum absolute atomic E-state index is 13.2. The van der Waals surface area contributed by atoms with E-state index in [1.54, 1.807) is 19.2 Å². The minimum absolute atomic E-state index is 0.0355. The topological polar surface area (TPSA) is 45.3 Å². The zero-order valence-electron chi connectivity index (χ0n) is 15.3. The summed E-state index contributed by atoms with van der Waals surface area (Å²) in [6.45, 7) is 6.23. The fourth-order valence-electron chi connectivity index (χ4n) is 3.19. The summed E-state index contributed by atoms with van der Waals surface area (Å²) in [7, 11) is 1.59. The van der Waals surface area contributed by atoms with E-state index in [1.165, 1.54) is 5.56 Å². The molecular formula is C21H23ClN2O2. The van der Waals surface area contributed by atoms with Gasteiger partial charge in [-0.05, 0) is 31.2 Å². The summed E-state index contributed by atoms with van der Waals surface area (Å²) in [5.74, 6) is 0.618. The molecule has 0 unspecified atom stereocenters. The van der Waals surface area contributed by atoms with Crippen LogP contribution in [0.3, 0.4) is 0 Å². The Morgan fingerprint density at radius 3 is 2.50 bits per heavy atom. The number of halogens is 1. The smallest absolute Gasteiger partial charge is 0.195 e. The average molecular weight is 371 g/mol. The molecule has 0 saturated carbocycles. The molecule has 0 aliphatic carbocycles. The van der Waals surface area contributed by atoms with Crippen molar-refractivity contribution in [1.29, 1.82) is 0 Å². The highest BCUT2D eigenvalue weighted by Gasteiger charge is 2.17. The Morgan fingerprint density at radius 2 is 1.85 bits per heavy atom. The van der Waals surface area contributed by atoms with Crippen LogP contribution in [0.15, 0.2) is 47.3 Å². The minimum atomic E-state index is -0.0355. The number of aryl methyl sites for hydroxylation is 1. The van der Waals surface area contributed by atoms with Crippen molar-refractivity contribution in [2.24, 2.45) is 0 Å². The van der Waals surface area contributed by atoms with Crippen LogP contribution in [0.2, 0.25) is 5.02 Å². The molecule has 0 aliphatic rings. The van der Waals surface area contributed by atoms with Gasteiger partial charge in [0.05, 0.1) is 23.0 Å². The molecule has 0 amide bonds. The first kappa shape index (κ1) is 18.5. The molecule has 4 nitrogen and oxygen atoms in total. The van der Waals surface area contributed by atoms with Gasteiger partial charge in [-0.15, -0.1) is 0 Å². The molecule has 1 N–H and O–H groups in total. The van der Waals surface area contributed by atoms with Gasteiger partial charge < -0.3 is 9.72 Å². The third-order valence-corrected chi connectivity index (χ3v) is 5.00. The van der Waals surface area contributed by atoms with Crippen molar-refractivity contribution >= 4 is 22.5 Å². The molecule has 0 bridgehead atoms. The zero-order valence-corrected chi connectivity index (χ0v) is 16.1. The van der Waals surface area contributed by atoms with Crippen molar-refractivity contribution in [1.82, 2.24) is 9.88 Å². The molecule has 3 rings (SSSR count). The molecule has 1 aromatic heterocycles. The number of aromatic amines is 1. The number of nitrogens with zero attached hydrogens (tertiary/aromatic N) is 1. The van der Waals surface area contributed by atoms with Gasteiger partial charge in [0.25, 0.3) is 0 Å². The second-order valence-corrected chi connectivity index (χ2v) is 6.75. The molecule has 0 atom stereocenters. The van der Waals surface area contributed by atoms with Crippen molar-refractivity contribution in [3.8, 4) is 5.75 Å². The highest BCUT2D eigenvalue weighted by molar-refractivity contribution is 6.35. The molecule has 26 heavy (non-hydrogen) atoms. The van der Waals surface area contributed by atoms with Crippen molar-refractivity contribution in [2.45, 2.75) is 26.9 Å².